The van der Waals surface area contributed by atoms with Gasteiger partial charge < -0.3 is 10.0 Å². The Morgan fingerprint density at radius 1 is 1.12 bits per heavy atom. The molecule has 90 valence electrons. The second kappa shape index (κ2) is 6.54. The zero-order valence-electron chi connectivity index (χ0n) is 10.6. The van der Waals surface area contributed by atoms with Crippen LogP contribution in [0, 0.1) is 0 Å². The molecule has 0 spiro atoms. The van der Waals surface area contributed by atoms with Crippen LogP contribution in [-0.2, 0) is 0 Å². The first-order valence-corrected chi connectivity index (χ1v) is 6.22. The summed E-state index contributed by atoms with van der Waals surface area (Å²) < 4.78 is 0. The van der Waals surface area contributed by atoms with Gasteiger partial charge >= 0.3 is 0 Å². The van der Waals surface area contributed by atoms with Gasteiger partial charge in [0.25, 0.3) is 0 Å². The summed E-state index contributed by atoms with van der Waals surface area (Å²) in [4.78, 5) is 2.36. The Morgan fingerprint density at radius 2 is 1.69 bits per heavy atom. The monoisotopic (exact) mass is 221 g/mol. The SMILES string of the molecule is CCCN(CCC)c1ccccc1C(C)O. The molecule has 1 aromatic rings. The van der Waals surface area contributed by atoms with Crippen LogP contribution in [0.5, 0.6) is 0 Å². The zero-order valence-corrected chi connectivity index (χ0v) is 10.6. The number of aliphatic hydroxyl groups excluding tert-OH is 1. The molecule has 2 heteroatoms. The summed E-state index contributed by atoms with van der Waals surface area (Å²) in [5, 5.41) is 9.76. The maximum Gasteiger partial charge on any atom is 0.0781 e. The minimum atomic E-state index is -0.396. The van der Waals surface area contributed by atoms with Crippen LogP contribution in [0.2, 0.25) is 0 Å². The highest BCUT2D eigenvalue weighted by Gasteiger charge is 2.12. The lowest BCUT2D eigenvalue weighted by atomic mass is 10.1. The average molecular weight is 221 g/mol. The van der Waals surface area contributed by atoms with Crippen LogP contribution < -0.4 is 4.90 Å². The molecule has 0 fully saturated rings. The summed E-state index contributed by atoms with van der Waals surface area (Å²) in [6.07, 6.45) is 1.87. The van der Waals surface area contributed by atoms with Crippen LogP contribution in [0.15, 0.2) is 24.3 Å². The van der Waals surface area contributed by atoms with Crippen molar-refractivity contribution in [3.8, 4) is 0 Å². The molecule has 1 unspecified atom stereocenters. The fraction of sp³-hybridized carbons (Fsp3) is 0.571. The second-order valence-corrected chi connectivity index (χ2v) is 4.22. The lowest BCUT2D eigenvalue weighted by molar-refractivity contribution is 0.199. The third kappa shape index (κ3) is 3.24. The molecule has 0 radical (unpaired) electrons. The smallest absolute Gasteiger partial charge is 0.0781 e. The summed E-state index contributed by atoms with van der Waals surface area (Å²) in [7, 11) is 0. The highest BCUT2D eigenvalue weighted by molar-refractivity contribution is 5.54. The molecular weight excluding hydrogens is 198 g/mol. The van der Waals surface area contributed by atoms with Gasteiger partial charge in [0.2, 0.25) is 0 Å². The van der Waals surface area contributed by atoms with E-state index in [1.165, 1.54) is 5.69 Å². The number of nitrogens with zero attached hydrogens (tertiary/aromatic N) is 1. The van der Waals surface area contributed by atoms with Gasteiger partial charge in [0.15, 0.2) is 0 Å². The molecule has 2 nitrogen and oxygen atoms in total. The van der Waals surface area contributed by atoms with Crippen molar-refractivity contribution in [1.82, 2.24) is 0 Å². The van der Waals surface area contributed by atoms with Crippen molar-refractivity contribution in [2.75, 3.05) is 18.0 Å². The van der Waals surface area contributed by atoms with Crippen LogP contribution in [0.25, 0.3) is 0 Å². The number of hydrogen-bond donors (Lipinski definition) is 1. The highest BCUT2D eigenvalue weighted by atomic mass is 16.3. The van der Waals surface area contributed by atoms with E-state index in [4.69, 9.17) is 0 Å². The molecule has 0 saturated carbocycles. The van der Waals surface area contributed by atoms with E-state index in [1.54, 1.807) is 0 Å². The molecule has 0 aromatic heterocycles. The van der Waals surface area contributed by atoms with Crippen molar-refractivity contribution in [3.05, 3.63) is 29.8 Å². The molecule has 1 rings (SSSR count). The van der Waals surface area contributed by atoms with Crippen LogP contribution in [0.3, 0.4) is 0 Å². The van der Waals surface area contributed by atoms with Crippen molar-refractivity contribution in [2.24, 2.45) is 0 Å². The molecule has 0 aliphatic heterocycles. The van der Waals surface area contributed by atoms with Gasteiger partial charge in [-0.25, -0.2) is 0 Å². The first-order chi connectivity index (χ1) is 7.70. The predicted octanol–water partition coefficient (Wildman–Crippen LogP) is 3.37. The number of para-hydroxylation sites is 1. The second-order valence-electron chi connectivity index (χ2n) is 4.22. The lowest BCUT2D eigenvalue weighted by Gasteiger charge is -2.27. The molecule has 1 atom stereocenters. The van der Waals surface area contributed by atoms with E-state index >= 15 is 0 Å². The van der Waals surface area contributed by atoms with Gasteiger partial charge in [0.05, 0.1) is 6.10 Å². The summed E-state index contributed by atoms with van der Waals surface area (Å²) in [6.45, 7) is 8.31. The lowest BCUT2D eigenvalue weighted by Crippen LogP contribution is -2.26. The standard InChI is InChI=1S/C14H23NO/c1-4-10-15(11-5-2)14-9-7-6-8-13(14)12(3)16/h6-9,12,16H,4-5,10-11H2,1-3H3. The molecule has 1 N–H and O–H groups in total. The van der Waals surface area contributed by atoms with E-state index in [0.717, 1.165) is 31.5 Å². The fourth-order valence-electron chi connectivity index (χ4n) is 2.02. The Morgan fingerprint density at radius 3 is 2.19 bits per heavy atom. The minimum Gasteiger partial charge on any atom is -0.389 e. The van der Waals surface area contributed by atoms with Crippen LogP contribution in [0.1, 0.15) is 45.3 Å². The topological polar surface area (TPSA) is 23.5 Å². The van der Waals surface area contributed by atoms with E-state index in [0.29, 0.717) is 0 Å². The fourth-order valence-corrected chi connectivity index (χ4v) is 2.02. The summed E-state index contributed by atoms with van der Waals surface area (Å²) >= 11 is 0. The summed E-state index contributed by atoms with van der Waals surface area (Å²) in [5.41, 5.74) is 2.21. The first-order valence-electron chi connectivity index (χ1n) is 6.22. The number of rotatable bonds is 6. The van der Waals surface area contributed by atoms with Gasteiger partial charge in [-0.05, 0) is 25.8 Å². The number of aliphatic hydroxyl groups is 1. The Hall–Kier alpha value is -1.02. The van der Waals surface area contributed by atoms with Crippen molar-refractivity contribution in [2.45, 2.75) is 39.7 Å². The van der Waals surface area contributed by atoms with Crippen LogP contribution in [-0.4, -0.2) is 18.2 Å². The highest BCUT2D eigenvalue weighted by Crippen LogP contribution is 2.26. The quantitative estimate of drug-likeness (QED) is 0.796. The molecule has 0 aliphatic rings. The van der Waals surface area contributed by atoms with Crippen LogP contribution in [0.4, 0.5) is 5.69 Å². The van der Waals surface area contributed by atoms with Crippen molar-refractivity contribution in [3.63, 3.8) is 0 Å². The summed E-state index contributed by atoms with van der Waals surface area (Å²) in [5.74, 6) is 0. The van der Waals surface area contributed by atoms with Gasteiger partial charge in [-0.3, -0.25) is 0 Å². The minimum absolute atomic E-state index is 0.396. The van der Waals surface area contributed by atoms with Gasteiger partial charge in [-0.1, -0.05) is 32.0 Å². The van der Waals surface area contributed by atoms with E-state index in [2.05, 4.69) is 24.8 Å². The van der Waals surface area contributed by atoms with Crippen molar-refractivity contribution < 1.29 is 5.11 Å². The molecule has 0 amide bonds. The number of benzene rings is 1. The molecule has 1 aromatic carbocycles. The van der Waals surface area contributed by atoms with E-state index in [-0.39, 0.29) is 0 Å². The summed E-state index contributed by atoms with van der Waals surface area (Å²) in [6, 6.07) is 8.15. The van der Waals surface area contributed by atoms with E-state index in [1.807, 2.05) is 25.1 Å². The molecule has 0 saturated heterocycles. The van der Waals surface area contributed by atoms with Crippen molar-refractivity contribution in [1.29, 1.82) is 0 Å². The maximum atomic E-state index is 9.76. The Kier molecular flexibility index (Phi) is 5.33. The third-order valence-corrected chi connectivity index (χ3v) is 2.71. The normalized spacial score (nSPS) is 12.5. The van der Waals surface area contributed by atoms with Gasteiger partial charge in [-0.2, -0.15) is 0 Å². The molecule has 0 aliphatic carbocycles. The number of hydrogen-bond acceptors (Lipinski definition) is 2. The van der Waals surface area contributed by atoms with E-state index < -0.39 is 6.10 Å². The zero-order chi connectivity index (χ0) is 12.0. The van der Waals surface area contributed by atoms with E-state index in [9.17, 15) is 5.11 Å². The first kappa shape index (κ1) is 13.0. The number of anilines is 1. The van der Waals surface area contributed by atoms with Crippen molar-refractivity contribution >= 4 is 5.69 Å². The Labute approximate surface area is 98.9 Å². The average Bonchev–Trinajstić information content (AvgIpc) is 2.29. The largest absolute Gasteiger partial charge is 0.389 e. The molecule has 0 bridgehead atoms. The third-order valence-electron chi connectivity index (χ3n) is 2.71. The molecular formula is C14H23NO. The Bertz CT molecular complexity index is 303. The van der Waals surface area contributed by atoms with Gasteiger partial charge in [0, 0.05) is 24.3 Å². The maximum absolute atomic E-state index is 9.76. The molecule has 0 heterocycles. The van der Waals surface area contributed by atoms with Gasteiger partial charge in [0.1, 0.15) is 0 Å². The predicted molar refractivity (Wildman–Crippen MR) is 69.9 cm³/mol. The van der Waals surface area contributed by atoms with Gasteiger partial charge in [-0.15, -0.1) is 0 Å². The Balaban J connectivity index is 2.97. The van der Waals surface area contributed by atoms with Crippen LogP contribution >= 0.6 is 0 Å². The molecule has 16 heavy (non-hydrogen) atoms.